The van der Waals surface area contributed by atoms with Gasteiger partial charge in [0.15, 0.2) is 0 Å². The van der Waals surface area contributed by atoms with Gasteiger partial charge in [-0.2, -0.15) is 8.78 Å². The maximum absolute atomic E-state index is 12.2. The van der Waals surface area contributed by atoms with Crippen molar-refractivity contribution in [1.29, 1.82) is 0 Å². The molecule has 0 saturated carbocycles. The number of carbonyl (C=O) groups excluding carboxylic acids is 1. The first kappa shape index (κ1) is 11.8. The Hall–Kier alpha value is -1.69. The molecule has 0 aromatic heterocycles. The Morgan fingerprint density at radius 3 is 2.71 bits per heavy atom. The van der Waals surface area contributed by atoms with Gasteiger partial charge in [0.2, 0.25) is 5.91 Å². The molecule has 1 fully saturated rings. The fraction of sp³-hybridized carbons (Fsp3) is 0.364. The van der Waals surface area contributed by atoms with Crippen LogP contribution in [0.2, 0.25) is 0 Å². The number of para-hydroxylation sites is 2. The molecule has 1 aliphatic heterocycles. The maximum atomic E-state index is 12.2. The lowest BCUT2D eigenvalue weighted by Crippen LogP contribution is -2.28. The van der Waals surface area contributed by atoms with Gasteiger partial charge in [0, 0.05) is 19.0 Å². The molecule has 92 valence electrons. The summed E-state index contributed by atoms with van der Waals surface area (Å²) in [6.45, 7) is -2.59. The molecule has 1 saturated heterocycles. The Morgan fingerprint density at radius 1 is 1.41 bits per heavy atom. The van der Waals surface area contributed by atoms with Crippen LogP contribution < -0.4 is 15.4 Å². The summed E-state index contributed by atoms with van der Waals surface area (Å²) in [6.07, 6.45) is 0.225. The maximum Gasteiger partial charge on any atom is 0.387 e. The number of rotatable bonds is 3. The topological polar surface area (TPSA) is 55.6 Å². The summed E-state index contributed by atoms with van der Waals surface area (Å²) in [5, 5.41) is 0. The average molecular weight is 242 g/mol. The number of amides is 1. The summed E-state index contributed by atoms with van der Waals surface area (Å²) in [7, 11) is 0. The minimum atomic E-state index is -2.91. The van der Waals surface area contributed by atoms with Gasteiger partial charge in [-0.1, -0.05) is 12.1 Å². The highest BCUT2D eigenvalue weighted by molar-refractivity contribution is 5.97. The first-order chi connectivity index (χ1) is 8.08. The summed E-state index contributed by atoms with van der Waals surface area (Å²) in [5.74, 6) is -0.187. The number of alkyl halides is 2. The van der Waals surface area contributed by atoms with Crippen molar-refractivity contribution < 1.29 is 18.3 Å². The van der Waals surface area contributed by atoms with E-state index in [-0.39, 0.29) is 24.1 Å². The lowest BCUT2D eigenvalue weighted by Gasteiger charge is -2.19. The zero-order valence-corrected chi connectivity index (χ0v) is 8.98. The summed E-state index contributed by atoms with van der Waals surface area (Å²) in [5.41, 5.74) is 5.99. The van der Waals surface area contributed by atoms with Crippen molar-refractivity contribution in [2.45, 2.75) is 19.1 Å². The molecular weight excluding hydrogens is 230 g/mol. The van der Waals surface area contributed by atoms with Gasteiger partial charge in [0.1, 0.15) is 5.75 Å². The molecule has 1 amide bonds. The van der Waals surface area contributed by atoms with Crippen LogP contribution in [0.5, 0.6) is 5.75 Å². The largest absolute Gasteiger partial charge is 0.433 e. The highest BCUT2D eigenvalue weighted by Crippen LogP contribution is 2.31. The van der Waals surface area contributed by atoms with Crippen molar-refractivity contribution in [2.24, 2.45) is 5.73 Å². The molecule has 0 bridgehead atoms. The van der Waals surface area contributed by atoms with Crippen LogP contribution >= 0.6 is 0 Å². The van der Waals surface area contributed by atoms with E-state index in [1.807, 2.05) is 0 Å². The quantitative estimate of drug-likeness (QED) is 0.870. The Balaban J connectivity index is 2.28. The SMILES string of the molecule is NC1CC(=O)N(c2ccccc2OC(F)F)C1. The molecule has 0 spiro atoms. The van der Waals surface area contributed by atoms with Crippen molar-refractivity contribution in [2.75, 3.05) is 11.4 Å². The second-order valence-corrected chi connectivity index (χ2v) is 3.81. The van der Waals surface area contributed by atoms with Crippen LogP contribution in [0.3, 0.4) is 0 Å². The molecule has 1 atom stereocenters. The van der Waals surface area contributed by atoms with E-state index in [4.69, 9.17) is 5.73 Å². The zero-order valence-electron chi connectivity index (χ0n) is 8.98. The van der Waals surface area contributed by atoms with Gasteiger partial charge in [-0.25, -0.2) is 0 Å². The molecule has 0 radical (unpaired) electrons. The third-order valence-corrected chi connectivity index (χ3v) is 2.53. The van der Waals surface area contributed by atoms with E-state index >= 15 is 0 Å². The Bertz CT molecular complexity index is 426. The van der Waals surface area contributed by atoms with Gasteiger partial charge >= 0.3 is 6.61 Å². The van der Waals surface area contributed by atoms with Crippen molar-refractivity contribution >= 4 is 11.6 Å². The molecule has 1 aliphatic rings. The molecule has 1 heterocycles. The zero-order chi connectivity index (χ0) is 12.4. The lowest BCUT2D eigenvalue weighted by molar-refractivity contribution is -0.117. The number of ether oxygens (including phenoxy) is 1. The van der Waals surface area contributed by atoms with E-state index in [1.54, 1.807) is 18.2 Å². The summed E-state index contributed by atoms with van der Waals surface area (Å²) in [4.78, 5) is 13.0. The Morgan fingerprint density at radius 2 is 2.12 bits per heavy atom. The van der Waals surface area contributed by atoms with Crippen LogP contribution in [-0.2, 0) is 4.79 Å². The summed E-state index contributed by atoms with van der Waals surface area (Å²) >= 11 is 0. The second-order valence-electron chi connectivity index (χ2n) is 3.81. The smallest absolute Gasteiger partial charge is 0.387 e. The van der Waals surface area contributed by atoms with Gasteiger partial charge in [-0.3, -0.25) is 4.79 Å². The van der Waals surface area contributed by atoms with E-state index in [0.717, 1.165) is 0 Å². The van der Waals surface area contributed by atoms with Crippen molar-refractivity contribution in [3.63, 3.8) is 0 Å². The van der Waals surface area contributed by atoms with E-state index in [2.05, 4.69) is 4.74 Å². The Labute approximate surface area is 97.0 Å². The van der Waals surface area contributed by atoms with Crippen LogP contribution in [0.25, 0.3) is 0 Å². The molecule has 0 aliphatic carbocycles. The van der Waals surface area contributed by atoms with Gasteiger partial charge in [0.25, 0.3) is 0 Å². The Kier molecular flexibility index (Phi) is 3.23. The van der Waals surface area contributed by atoms with E-state index in [1.165, 1.54) is 11.0 Å². The molecule has 2 N–H and O–H groups in total. The van der Waals surface area contributed by atoms with Crippen LogP contribution in [0.4, 0.5) is 14.5 Å². The molecule has 6 heteroatoms. The standard InChI is InChI=1S/C11H12F2N2O2/c12-11(13)17-9-4-2-1-3-8(9)15-6-7(14)5-10(15)16/h1-4,7,11H,5-6,14H2. The molecule has 1 aromatic carbocycles. The minimum Gasteiger partial charge on any atom is -0.433 e. The first-order valence-corrected chi connectivity index (χ1v) is 5.17. The number of nitrogens with zero attached hydrogens (tertiary/aromatic N) is 1. The number of halogens is 2. The number of anilines is 1. The molecule has 4 nitrogen and oxygen atoms in total. The second kappa shape index (κ2) is 4.67. The van der Waals surface area contributed by atoms with E-state index in [0.29, 0.717) is 12.2 Å². The van der Waals surface area contributed by atoms with E-state index in [9.17, 15) is 13.6 Å². The number of nitrogens with two attached hydrogens (primary N) is 1. The number of benzene rings is 1. The van der Waals surface area contributed by atoms with Crippen molar-refractivity contribution in [3.8, 4) is 5.75 Å². The number of hydrogen-bond donors (Lipinski definition) is 1. The molecule has 17 heavy (non-hydrogen) atoms. The fourth-order valence-corrected chi connectivity index (χ4v) is 1.84. The first-order valence-electron chi connectivity index (χ1n) is 5.17. The van der Waals surface area contributed by atoms with Crippen LogP contribution in [0.1, 0.15) is 6.42 Å². The highest BCUT2D eigenvalue weighted by Gasteiger charge is 2.30. The fourth-order valence-electron chi connectivity index (χ4n) is 1.84. The van der Waals surface area contributed by atoms with Crippen LogP contribution in [-0.4, -0.2) is 25.1 Å². The monoisotopic (exact) mass is 242 g/mol. The van der Waals surface area contributed by atoms with E-state index < -0.39 is 6.61 Å². The predicted octanol–water partition coefficient (Wildman–Crippen LogP) is 1.35. The van der Waals surface area contributed by atoms with Gasteiger partial charge in [-0.15, -0.1) is 0 Å². The molecule has 2 rings (SSSR count). The minimum absolute atomic E-state index is 0.00931. The molecular formula is C11H12F2N2O2. The third-order valence-electron chi connectivity index (χ3n) is 2.53. The number of carbonyl (C=O) groups is 1. The number of hydrogen-bond acceptors (Lipinski definition) is 3. The summed E-state index contributed by atoms with van der Waals surface area (Å²) < 4.78 is 28.8. The highest BCUT2D eigenvalue weighted by atomic mass is 19.3. The van der Waals surface area contributed by atoms with Crippen LogP contribution in [0.15, 0.2) is 24.3 Å². The third kappa shape index (κ3) is 2.52. The predicted molar refractivity (Wildman–Crippen MR) is 58.0 cm³/mol. The normalized spacial score (nSPS) is 20.1. The van der Waals surface area contributed by atoms with Crippen molar-refractivity contribution in [1.82, 2.24) is 0 Å². The lowest BCUT2D eigenvalue weighted by atomic mass is 10.2. The summed E-state index contributed by atoms with van der Waals surface area (Å²) in [6, 6.07) is 5.93. The van der Waals surface area contributed by atoms with Gasteiger partial charge < -0.3 is 15.4 Å². The van der Waals surface area contributed by atoms with Crippen LogP contribution in [0, 0.1) is 0 Å². The van der Waals surface area contributed by atoms with Gasteiger partial charge in [-0.05, 0) is 12.1 Å². The van der Waals surface area contributed by atoms with Crippen molar-refractivity contribution in [3.05, 3.63) is 24.3 Å². The molecule has 1 aromatic rings. The average Bonchev–Trinajstić information content (AvgIpc) is 2.58. The molecule has 1 unspecified atom stereocenters. The van der Waals surface area contributed by atoms with Gasteiger partial charge in [0.05, 0.1) is 5.69 Å².